The Balaban J connectivity index is 1.96. The number of carbonyl (C=O) groups excluding carboxylic acids is 1. The van der Waals surface area contributed by atoms with E-state index in [4.69, 9.17) is 21.4 Å². The number of aliphatic hydroxyl groups excluding tert-OH is 1. The van der Waals surface area contributed by atoms with Crippen molar-refractivity contribution in [1.82, 2.24) is 4.98 Å². The molecule has 0 aliphatic carbocycles. The maximum absolute atomic E-state index is 13.9. The summed E-state index contributed by atoms with van der Waals surface area (Å²) < 4.78 is 6.34. The van der Waals surface area contributed by atoms with Crippen LogP contribution in [0.5, 0.6) is 0 Å². The molecule has 3 rings (SSSR count). The Morgan fingerprint density at radius 2 is 2.21 bits per heavy atom. The minimum atomic E-state index is -1.07. The number of rotatable bonds is 9. The van der Waals surface area contributed by atoms with Gasteiger partial charge in [-0.05, 0) is 49.4 Å². The van der Waals surface area contributed by atoms with E-state index in [2.05, 4.69) is 11.6 Å². The Morgan fingerprint density at radius 3 is 2.85 bits per heavy atom. The van der Waals surface area contributed by atoms with Crippen LogP contribution in [0.3, 0.4) is 0 Å². The summed E-state index contributed by atoms with van der Waals surface area (Å²) in [7, 11) is 0. The Hall–Kier alpha value is -2.26. The Kier molecular flexibility index (Phi) is 8.87. The van der Waals surface area contributed by atoms with Crippen LogP contribution in [0.4, 0.5) is 5.69 Å². The van der Waals surface area contributed by atoms with Crippen molar-refractivity contribution in [3.05, 3.63) is 57.5 Å². The maximum atomic E-state index is 13.9. The van der Waals surface area contributed by atoms with Gasteiger partial charge in [-0.1, -0.05) is 31.5 Å². The molecule has 0 saturated heterocycles. The van der Waals surface area contributed by atoms with Crippen LogP contribution in [-0.4, -0.2) is 52.4 Å². The smallest absolute Gasteiger partial charge is 0.355 e. The Morgan fingerprint density at radius 1 is 1.44 bits per heavy atom. The fourth-order valence-electron chi connectivity index (χ4n) is 3.96. The molecule has 34 heavy (non-hydrogen) atoms. The van der Waals surface area contributed by atoms with Crippen LogP contribution < -0.4 is 4.90 Å². The molecule has 0 unspecified atom stereocenters. The van der Waals surface area contributed by atoms with Crippen molar-refractivity contribution in [2.75, 3.05) is 18.1 Å². The lowest BCUT2D eigenvalue weighted by Crippen LogP contribution is -2.47. The van der Waals surface area contributed by atoms with Crippen LogP contribution in [0, 0.1) is 5.41 Å². The predicted octanol–water partition coefficient (Wildman–Crippen LogP) is 4.76. The van der Waals surface area contributed by atoms with Crippen molar-refractivity contribution in [3.8, 4) is 0 Å². The highest BCUT2D eigenvalue weighted by molar-refractivity contribution is 7.09. The van der Waals surface area contributed by atoms with Crippen LogP contribution in [0.2, 0.25) is 5.02 Å². The number of nitrogens with zero attached hydrogens (tertiary/aromatic N) is 2. The second kappa shape index (κ2) is 11.4. The maximum Gasteiger partial charge on any atom is 0.355 e. The zero-order valence-electron chi connectivity index (χ0n) is 19.5. The number of fused-ring (bicyclic) bond motifs is 1. The number of carboxylic acids is 1. The number of aliphatic hydroxyl groups is 1. The summed E-state index contributed by atoms with van der Waals surface area (Å²) in [5.74, 6) is -1.27. The fourth-order valence-corrected chi connectivity index (χ4v) is 4.94. The number of aromatic nitrogens is 1. The highest BCUT2D eigenvalue weighted by atomic mass is 35.5. The largest absolute Gasteiger partial charge is 0.476 e. The second-order valence-electron chi connectivity index (χ2n) is 9.30. The topological polar surface area (TPSA) is 100.0 Å². The third-order valence-corrected chi connectivity index (χ3v) is 6.94. The normalized spacial score (nSPS) is 19.2. The second-order valence-corrected chi connectivity index (χ2v) is 10.7. The number of aromatic carboxylic acids is 1. The molecule has 2 atom stereocenters. The van der Waals surface area contributed by atoms with Crippen LogP contribution >= 0.6 is 22.9 Å². The first kappa shape index (κ1) is 26.3. The van der Waals surface area contributed by atoms with E-state index in [1.165, 1.54) is 16.7 Å². The molecular formula is C25H31ClN2O5S. The van der Waals surface area contributed by atoms with E-state index in [-0.39, 0.29) is 24.3 Å². The van der Waals surface area contributed by atoms with Crippen molar-refractivity contribution in [1.29, 1.82) is 0 Å². The number of carboxylic acid groups (broad SMARTS) is 1. The molecule has 1 aliphatic rings. The van der Waals surface area contributed by atoms with Crippen LogP contribution in [0.25, 0.3) is 0 Å². The molecule has 0 fully saturated rings. The standard InChI is InChI=1S/C25H31ClN2O5S/c1-4-5-18-8-6-16-12-17(26)7-9-20(16)28(14-25(2,3)15-29)23(30)21(33-18)10-11-22-27-19(13-34-22)24(31)32/h4,7,9,12-13,18,21,29H,1,5-6,8,10-11,14-15H2,2-3H3,(H,31,32)/t18-,21-/m1/s1. The molecule has 0 bridgehead atoms. The zero-order valence-corrected chi connectivity index (χ0v) is 21.1. The molecule has 1 amide bonds. The van der Waals surface area contributed by atoms with Gasteiger partial charge in [0, 0.05) is 41.1 Å². The van der Waals surface area contributed by atoms with Gasteiger partial charge in [0.1, 0.15) is 6.10 Å². The van der Waals surface area contributed by atoms with Gasteiger partial charge >= 0.3 is 5.97 Å². The average Bonchev–Trinajstić information content (AvgIpc) is 3.28. The molecule has 7 nitrogen and oxygen atoms in total. The molecular weight excluding hydrogens is 476 g/mol. The van der Waals surface area contributed by atoms with E-state index in [0.717, 1.165) is 11.3 Å². The molecule has 2 aromatic rings. The highest BCUT2D eigenvalue weighted by Gasteiger charge is 2.34. The van der Waals surface area contributed by atoms with E-state index in [1.807, 2.05) is 26.0 Å². The van der Waals surface area contributed by atoms with Gasteiger partial charge in [-0.15, -0.1) is 17.9 Å². The molecule has 184 valence electrons. The Bertz CT molecular complexity index is 1040. The highest BCUT2D eigenvalue weighted by Crippen LogP contribution is 2.33. The number of hydrogen-bond donors (Lipinski definition) is 2. The first-order chi connectivity index (χ1) is 16.1. The van der Waals surface area contributed by atoms with Crippen molar-refractivity contribution in [3.63, 3.8) is 0 Å². The summed E-state index contributed by atoms with van der Waals surface area (Å²) in [6.07, 6.45) is 3.59. The molecule has 1 aromatic heterocycles. The van der Waals surface area contributed by atoms with Crippen molar-refractivity contribution >= 4 is 40.5 Å². The number of amides is 1. The van der Waals surface area contributed by atoms with E-state index in [9.17, 15) is 14.7 Å². The number of aryl methyl sites for hydroxylation is 2. The molecule has 9 heteroatoms. The number of carbonyl (C=O) groups is 2. The first-order valence-corrected chi connectivity index (χ1v) is 12.5. The minimum absolute atomic E-state index is 0.00312. The monoisotopic (exact) mass is 506 g/mol. The summed E-state index contributed by atoms with van der Waals surface area (Å²) >= 11 is 7.55. The van der Waals surface area contributed by atoms with Gasteiger partial charge < -0.3 is 19.8 Å². The SMILES string of the molecule is C=CC[C@@H]1CCc2cc(Cl)ccc2N(CC(C)(C)CO)C(=O)[C@@H](CCc2nc(C(=O)O)cs2)O1. The lowest BCUT2D eigenvalue weighted by atomic mass is 9.92. The van der Waals surface area contributed by atoms with Crippen molar-refractivity contribution in [2.24, 2.45) is 5.41 Å². The molecule has 0 radical (unpaired) electrons. The summed E-state index contributed by atoms with van der Waals surface area (Å²) in [6, 6.07) is 5.51. The predicted molar refractivity (Wildman–Crippen MR) is 134 cm³/mol. The van der Waals surface area contributed by atoms with Crippen LogP contribution in [0.1, 0.15) is 54.2 Å². The van der Waals surface area contributed by atoms with Gasteiger partial charge in [0.2, 0.25) is 0 Å². The molecule has 0 spiro atoms. The van der Waals surface area contributed by atoms with Gasteiger partial charge in [0.05, 0.1) is 11.1 Å². The quantitative estimate of drug-likeness (QED) is 0.476. The summed E-state index contributed by atoms with van der Waals surface area (Å²) in [6.45, 7) is 7.87. The van der Waals surface area contributed by atoms with Crippen molar-refractivity contribution < 1.29 is 24.5 Å². The summed E-state index contributed by atoms with van der Waals surface area (Å²) in [5, 5.41) is 21.8. The van der Waals surface area contributed by atoms with E-state index in [1.54, 1.807) is 17.0 Å². The van der Waals surface area contributed by atoms with Gasteiger partial charge in [-0.3, -0.25) is 4.79 Å². The van der Waals surface area contributed by atoms with E-state index in [0.29, 0.717) is 48.7 Å². The van der Waals surface area contributed by atoms with E-state index < -0.39 is 17.5 Å². The fraction of sp³-hybridized carbons (Fsp3) is 0.480. The summed E-state index contributed by atoms with van der Waals surface area (Å²) in [4.78, 5) is 30.9. The Labute approximate surface area is 209 Å². The molecule has 1 aromatic carbocycles. The van der Waals surface area contributed by atoms with Gasteiger partial charge in [0.25, 0.3) is 5.91 Å². The van der Waals surface area contributed by atoms with Crippen LogP contribution in [0.15, 0.2) is 36.2 Å². The number of thiazole rings is 1. The van der Waals surface area contributed by atoms with Gasteiger partial charge in [-0.2, -0.15) is 0 Å². The molecule has 2 heterocycles. The number of anilines is 1. The number of ether oxygens (including phenoxy) is 1. The molecule has 1 aliphatic heterocycles. The molecule has 0 saturated carbocycles. The van der Waals surface area contributed by atoms with Gasteiger partial charge in [0.15, 0.2) is 5.69 Å². The first-order valence-electron chi connectivity index (χ1n) is 11.3. The van der Waals surface area contributed by atoms with Gasteiger partial charge in [-0.25, -0.2) is 9.78 Å². The number of hydrogen-bond acceptors (Lipinski definition) is 6. The third-order valence-electron chi connectivity index (χ3n) is 5.80. The zero-order chi connectivity index (χ0) is 24.9. The lowest BCUT2D eigenvalue weighted by molar-refractivity contribution is -0.135. The van der Waals surface area contributed by atoms with E-state index >= 15 is 0 Å². The number of benzene rings is 1. The minimum Gasteiger partial charge on any atom is -0.476 e. The summed E-state index contributed by atoms with van der Waals surface area (Å²) in [5.41, 5.74) is 1.20. The molecule has 2 N–H and O–H groups in total. The van der Waals surface area contributed by atoms with Crippen molar-refractivity contribution in [2.45, 2.75) is 58.2 Å². The average molecular weight is 507 g/mol. The number of halogens is 1. The van der Waals surface area contributed by atoms with Crippen LogP contribution in [-0.2, 0) is 22.4 Å². The third kappa shape index (κ3) is 6.66. The lowest BCUT2D eigenvalue weighted by Gasteiger charge is -2.34.